The van der Waals surface area contributed by atoms with Gasteiger partial charge in [0.1, 0.15) is 0 Å². The molecule has 0 saturated heterocycles. The fraction of sp³-hybridized carbons (Fsp3) is 0.500. The molecule has 0 heterocycles. The molecular weight excluding hydrogens is 316 g/mol. The molecule has 1 aromatic rings. The van der Waals surface area contributed by atoms with Gasteiger partial charge < -0.3 is 4.74 Å². The quantitative estimate of drug-likeness (QED) is 0.742. The molecule has 120 valence electrons. The lowest BCUT2D eigenvalue weighted by atomic mass is 10.1. The van der Waals surface area contributed by atoms with Gasteiger partial charge in [0, 0.05) is 13.2 Å². The lowest BCUT2D eigenvalue weighted by Crippen LogP contribution is -2.41. The predicted octanol–water partition coefficient (Wildman–Crippen LogP) is 0.283. The van der Waals surface area contributed by atoms with Gasteiger partial charge in [-0.2, -0.15) is 0 Å². The summed E-state index contributed by atoms with van der Waals surface area (Å²) in [6.45, 7) is 3.92. The van der Waals surface area contributed by atoms with Gasteiger partial charge in [-0.3, -0.25) is 0 Å². The zero-order chi connectivity index (χ0) is 16.3. The Bertz CT molecular complexity index is 683. The topological polar surface area (TPSA) is 116 Å². The van der Waals surface area contributed by atoms with Crippen molar-refractivity contribution in [3.8, 4) is 0 Å². The van der Waals surface area contributed by atoms with Crippen LogP contribution in [0.2, 0.25) is 0 Å². The number of nitrogens with one attached hydrogen (secondary N) is 1. The fourth-order valence-corrected chi connectivity index (χ4v) is 3.68. The van der Waals surface area contributed by atoms with E-state index in [1.165, 1.54) is 25.3 Å². The molecule has 9 heteroatoms. The lowest BCUT2D eigenvalue weighted by molar-refractivity contribution is 0.157. The first-order valence-corrected chi connectivity index (χ1v) is 9.25. The number of ether oxygens (including phenoxy) is 1. The van der Waals surface area contributed by atoms with E-state index in [2.05, 4.69) is 4.72 Å². The van der Waals surface area contributed by atoms with E-state index in [4.69, 9.17) is 9.88 Å². The summed E-state index contributed by atoms with van der Waals surface area (Å²) in [5, 5.41) is 5.00. The number of rotatable bonds is 7. The molecule has 0 bridgehead atoms. The Morgan fingerprint density at radius 1 is 1.19 bits per heavy atom. The number of benzene rings is 1. The Kier molecular flexibility index (Phi) is 5.88. The summed E-state index contributed by atoms with van der Waals surface area (Å²) in [5.41, 5.74) is 0. The number of hydrogen-bond donors (Lipinski definition) is 2. The predicted molar refractivity (Wildman–Crippen MR) is 78.6 cm³/mol. The van der Waals surface area contributed by atoms with Crippen LogP contribution in [0.1, 0.15) is 13.8 Å². The van der Waals surface area contributed by atoms with Crippen LogP contribution in [0.5, 0.6) is 0 Å². The molecule has 0 aliphatic rings. The van der Waals surface area contributed by atoms with Gasteiger partial charge in [0.25, 0.3) is 0 Å². The van der Waals surface area contributed by atoms with E-state index in [9.17, 15) is 16.8 Å². The SMILES string of the molecule is COCC(NS(=O)(=O)c1cccc(S(N)(=O)=O)c1)C(C)C. The molecule has 0 aliphatic heterocycles. The minimum absolute atomic E-state index is 0.0150. The molecule has 7 nitrogen and oxygen atoms in total. The number of primary sulfonamides is 1. The summed E-state index contributed by atoms with van der Waals surface area (Å²) < 4.78 is 54.7. The first-order valence-electron chi connectivity index (χ1n) is 6.22. The molecule has 3 N–H and O–H groups in total. The van der Waals surface area contributed by atoms with Gasteiger partial charge in [-0.1, -0.05) is 19.9 Å². The number of methoxy groups -OCH3 is 1. The average molecular weight is 336 g/mol. The van der Waals surface area contributed by atoms with Crippen molar-refractivity contribution >= 4 is 20.0 Å². The zero-order valence-electron chi connectivity index (χ0n) is 12.1. The van der Waals surface area contributed by atoms with Gasteiger partial charge in [-0.15, -0.1) is 0 Å². The summed E-state index contributed by atoms with van der Waals surface area (Å²) in [5.74, 6) is 0.0150. The molecule has 0 radical (unpaired) electrons. The largest absolute Gasteiger partial charge is 0.383 e. The molecule has 0 aromatic heterocycles. The second-order valence-electron chi connectivity index (χ2n) is 4.95. The maximum Gasteiger partial charge on any atom is 0.240 e. The number of sulfonamides is 2. The highest BCUT2D eigenvalue weighted by Gasteiger charge is 2.23. The monoisotopic (exact) mass is 336 g/mol. The van der Waals surface area contributed by atoms with Crippen LogP contribution in [0.4, 0.5) is 0 Å². The van der Waals surface area contributed by atoms with E-state index in [0.29, 0.717) is 0 Å². The van der Waals surface area contributed by atoms with Crippen molar-refractivity contribution in [1.29, 1.82) is 0 Å². The van der Waals surface area contributed by atoms with E-state index >= 15 is 0 Å². The summed E-state index contributed by atoms with van der Waals surface area (Å²) in [7, 11) is -6.34. The zero-order valence-corrected chi connectivity index (χ0v) is 13.7. The Hall–Kier alpha value is -1.00. The Morgan fingerprint density at radius 3 is 2.24 bits per heavy atom. The fourth-order valence-electron chi connectivity index (χ4n) is 1.63. The minimum atomic E-state index is -3.96. The Labute approximate surface area is 125 Å². The van der Waals surface area contributed by atoms with Crippen molar-refractivity contribution in [3.05, 3.63) is 24.3 Å². The van der Waals surface area contributed by atoms with E-state index in [1.54, 1.807) is 0 Å². The maximum atomic E-state index is 12.3. The number of hydrogen-bond acceptors (Lipinski definition) is 5. The lowest BCUT2D eigenvalue weighted by Gasteiger charge is -2.21. The van der Waals surface area contributed by atoms with Crippen molar-refractivity contribution in [1.82, 2.24) is 4.72 Å². The van der Waals surface area contributed by atoms with E-state index < -0.39 is 26.1 Å². The van der Waals surface area contributed by atoms with Crippen molar-refractivity contribution in [2.75, 3.05) is 13.7 Å². The van der Waals surface area contributed by atoms with Crippen LogP contribution in [-0.2, 0) is 24.8 Å². The van der Waals surface area contributed by atoms with E-state index in [1.807, 2.05) is 13.8 Å². The van der Waals surface area contributed by atoms with Crippen molar-refractivity contribution in [2.45, 2.75) is 29.7 Å². The molecule has 0 fully saturated rings. The molecule has 21 heavy (non-hydrogen) atoms. The highest BCUT2D eigenvalue weighted by Crippen LogP contribution is 2.16. The summed E-state index contributed by atoms with van der Waals surface area (Å²) in [6, 6.07) is 4.49. The second kappa shape index (κ2) is 6.84. The average Bonchev–Trinajstić information content (AvgIpc) is 2.37. The van der Waals surface area contributed by atoms with Gasteiger partial charge in [0.05, 0.1) is 16.4 Å². The molecule has 1 rings (SSSR count). The van der Waals surface area contributed by atoms with Crippen LogP contribution in [-0.4, -0.2) is 36.6 Å². The maximum absolute atomic E-state index is 12.3. The molecule has 0 spiro atoms. The second-order valence-corrected chi connectivity index (χ2v) is 8.22. The summed E-state index contributed by atoms with van der Waals surface area (Å²) in [4.78, 5) is -0.408. The van der Waals surface area contributed by atoms with Crippen molar-refractivity contribution in [3.63, 3.8) is 0 Å². The molecule has 0 saturated carbocycles. The third kappa shape index (κ3) is 5.04. The molecule has 1 aromatic carbocycles. The van der Waals surface area contributed by atoms with Crippen LogP contribution in [0.3, 0.4) is 0 Å². The van der Waals surface area contributed by atoms with Crippen LogP contribution >= 0.6 is 0 Å². The van der Waals surface area contributed by atoms with Crippen LogP contribution in [0.15, 0.2) is 34.1 Å². The van der Waals surface area contributed by atoms with Gasteiger partial charge in [-0.25, -0.2) is 26.7 Å². The smallest absolute Gasteiger partial charge is 0.240 e. The molecule has 1 unspecified atom stereocenters. The first-order chi connectivity index (χ1) is 9.58. The third-order valence-electron chi connectivity index (χ3n) is 2.90. The minimum Gasteiger partial charge on any atom is -0.383 e. The van der Waals surface area contributed by atoms with Crippen molar-refractivity contribution < 1.29 is 21.6 Å². The van der Waals surface area contributed by atoms with Gasteiger partial charge >= 0.3 is 0 Å². The molecule has 1 atom stereocenters. The third-order valence-corrected chi connectivity index (χ3v) is 5.30. The van der Waals surface area contributed by atoms with Gasteiger partial charge in [0.15, 0.2) is 0 Å². The van der Waals surface area contributed by atoms with Crippen LogP contribution in [0.25, 0.3) is 0 Å². The van der Waals surface area contributed by atoms with Gasteiger partial charge in [0.2, 0.25) is 20.0 Å². The normalized spacial score (nSPS) is 14.3. The first kappa shape index (κ1) is 18.1. The Morgan fingerprint density at radius 2 is 1.76 bits per heavy atom. The highest BCUT2D eigenvalue weighted by molar-refractivity contribution is 7.90. The van der Waals surface area contributed by atoms with Crippen LogP contribution in [0, 0.1) is 5.92 Å². The summed E-state index contributed by atoms with van der Waals surface area (Å²) >= 11 is 0. The molecule has 0 aliphatic carbocycles. The number of nitrogens with two attached hydrogens (primary N) is 1. The van der Waals surface area contributed by atoms with Crippen molar-refractivity contribution in [2.24, 2.45) is 11.1 Å². The van der Waals surface area contributed by atoms with E-state index in [0.717, 1.165) is 6.07 Å². The standard InChI is InChI=1S/C12H20N2O5S2/c1-9(2)12(8-19-3)14-21(17,18)11-6-4-5-10(7-11)20(13,15)16/h4-7,9,12,14H,8H2,1-3H3,(H2,13,15,16). The Balaban J connectivity index is 3.14. The molecular formula is C12H20N2O5S2. The molecule has 0 amide bonds. The van der Waals surface area contributed by atoms with Gasteiger partial charge in [-0.05, 0) is 24.1 Å². The summed E-state index contributed by atoms with van der Waals surface area (Å²) in [6.07, 6.45) is 0. The van der Waals surface area contributed by atoms with Crippen LogP contribution < -0.4 is 9.86 Å². The highest BCUT2D eigenvalue weighted by atomic mass is 32.2. The van der Waals surface area contributed by atoms with E-state index in [-0.39, 0.29) is 22.3 Å².